The number of nitrogens with zero attached hydrogens (tertiary/aromatic N) is 1. The third kappa shape index (κ3) is 3.61. The van der Waals surface area contributed by atoms with Crippen molar-refractivity contribution in [2.45, 2.75) is 25.4 Å². The van der Waals surface area contributed by atoms with E-state index in [-0.39, 0.29) is 12.4 Å². The van der Waals surface area contributed by atoms with Crippen molar-refractivity contribution >= 4 is 35.3 Å². The fourth-order valence-electron chi connectivity index (χ4n) is 1.75. The monoisotopic (exact) mass is 266 g/mol. The van der Waals surface area contributed by atoms with Crippen LogP contribution in [0.25, 0.3) is 0 Å². The highest BCUT2D eigenvalue weighted by Crippen LogP contribution is 2.24. The minimum Gasteiger partial charge on any atom is -0.328 e. The second-order valence-corrected chi connectivity index (χ2v) is 5.21. The van der Waals surface area contributed by atoms with Gasteiger partial charge in [-0.2, -0.15) is 0 Å². The van der Waals surface area contributed by atoms with Crippen molar-refractivity contribution < 1.29 is 0 Å². The van der Waals surface area contributed by atoms with Crippen LogP contribution in [0.5, 0.6) is 0 Å². The molecule has 0 aromatic carbocycles. The molecule has 1 aliphatic rings. The van der Waals surface area contributed by atoms with Crippen molar-refractivity contribution in [3.05, 3.63) is 21.3 Å². The smallest absolute Gasteiger partial charge is 0.0558 e. The van der Waals surface area contributed by atoms with Gasteiger partial charge < -0.3 is 5.73 Å². The Hall–Kier alpha value is 0.200. The molecular formula is C10H16Cl2N2S. The zero-order valence-corrected chi connectivity index (χ0v) is 10.9. The maximum atomic E-state index is 6.05. The zero-order chi connectivity index (χ0) is 9.97. The lowest BCUT2D eigenvalue weighted by molar-refractivity contribution is 0.207. The normalized spacial score (nSPS) is 18.8. The quantitative estimate of drug-likeness (QED) is 0.892. The van der Waals surface area contributed by atoms with Crippen molar-refractivity contribution in [1.29, 1.82) is 0 Å². The molecule has 2 heterocycles. The van der Waals surface area contributed by atoms with Gasteiger partial charge in [0.25, 0.3) is 0 Å². The third-order valence-corrected chi connectivity index (χ3v) is 4.06. The van der Waals surface area contributed by atoms with Gasteiger partial charge >= 0.3 is 0 Å². The molecule has 0 aliphatic carbocycles. The molecule has 0 saturated carbocycles. The lowest BCUT2D eigenvalue weighted by Gasteiger charge is -2.29. The molecule has 2 N–H and O–H groups in total. The first-order valence-corrected chi connectivity index (χ1v) is 6.21. The van der Waals surface area contributed by atoms with Crippen molar-refractivity contribution in [3.63, 3.8) is 0 Å². The van der Waals surface area contributed by atoms with Crippen LogP contribution in [0.3, 0.4) is 0 Å². The maximum Gasteiger partial charge on any atom is 0.0558 e. The van der Waals surface area contributed by atoms with Crippen LogP contribution in [0, 0.1) is 0 Å². The van der Waals surface area contributed by atoms with E-state index in [2.05, 4.69) is 4.90 Å². The molecule has 2 nitrogen and oxygen atoms in total. The topological polar surface area (TPSA) is 29.3 Å². The Balaban J connectivity index is 0.00000112. The lowest BCUT2D eigenvalue weighted by atomic mass is 10.1. The van der Waals surface area contributed by atoms with E-state index in [1.165, 1.54) is 4.88 Å². The van der Waals surface area contributed by atoms with Gasteiger partial charge in [-0.25, -0.2) is 0 Å². The first-order chi connectivity index (χ1) is 6.75. The van der Waals surface area contributed by atoms with Crippen LogP contribution in [-0.2, 0) is 6.54 Å². The molecule has 1 aromatic heterocycles. The molecule has 0 radical (unpaired) electrons. The molecule has 15 heavy (non-hydrogen) atoms. The standard InChI is InChI=1S/C10H15ClN2S.ClH/c11-9-3-6-14-10(9)7-13-4-1-8(12)2-5-13;/h3,6,8H,1-2,4-5,7,12H2;1H. The van der Waals surface area contributed by atoms with Crippen LogP contribution in [0.1, 0.15) is 17.7 Å². The summed E-state index contributed by atoms with van der Waals surface area (Å²) in [5.74, 6) is 0. The summed E-state index contributed by atoms with van der Waals surface area (Å²) in [6.45, 7) is 3.20. The van der Waals surface area contributed by atoms with E-state index in [9.17, 15) is 0 Å². The first-order valence-electron chi connectivity index (χ1n) is 4.95. The van der Waals surface area contributed by atoms with Gasteiger partial charge in [0.2, 0.25) is 0 Å². The SMILES string of the molecule is Cl.NC1CCN(Cc2sccc2Cl)CC1. The zero-order valence-electron chi connectivity index (χ0n) is 8.49. The van der Waals surface area contributed by atoms with Gasteiger partial charge in [0.1, 0.15) is 0 Å². The van der Waals surface area contributed by atoms with Gasteiger partial charge in [0.15, 0.2) is 0 Å². The molecule has 1 fully saturated rings. The number of halogens is 2. The summed E-state index contributed by atoms with van der Waals surface area (Å²) < 4.78 is 0. The maximum absolute atomic E-state index is 6.05. The van der Waals surface area contributed by atoms with Gasteiger partial charge in [-0.1, -0.05) is 11.6 Å². The van der Waals surface area contributed by atoms with Crippen LogP contribution in [0.4, 0.5) is 0 Å². The Bertz CT molecular complexity index is 295. The molecule has 0 bridgehead atoms. The fourth-order valence-corrected chi connectivity index (χ4v) is 2.89. The summed E-state index contributed by atoms with van der Waals surface area (Å²) in [5.41, 5.74) is 5.85. The van der Waals surface area contributed by atoms with Gasteiger partial charge in [-0.05, 0) is 37.4 Å². The average Bonchev–Trinajstić information content (AvgIpc) is 2.56. The number of nitrogens with two attached hydrogens (primary N) is 1. The summed E-state index contributed by atoms with van der Waals surface area (Å²) in [7, 11) is 0. The third-order valence-electron chi connectivity index (χ3n) is 2.69. The predicted molar refractivity (Wildman–Crippen MR) is 69.1 cm³/mol. The molecule has 86 valence electrons. The molecule has 1 saturated heterocycles. The van der Waals surface area contributed by atoms with E-state index in [0.29, 0.717) is 6.04 Å². The number of hydrogen-bond donors (Lipinski definition) is 1. The van der Waals surface area contributed by atoms with Crippen molar-refractivity contribution in [1.82, 2.24) is 4.90 Å². The first kappa shape index (κ1) is 13.3. The highest BCUT2D eigenvalue weighted by atomic mass is 35.5. The number of likely N-dealkylation sites (tertiary alicyclic amines) is 1. The Morgan fingerprint density at radius 2 is 2.13 bits per heavy atom. The molecule has 1 aliphatic heterocycles. The number of hydrogen-bond acceptors (Lipinski definition) is 3. The number of piperidine rings is 1. The summed E-state index contributed by atoms with van der Waals surface area (Å²) >= 11 is 7.79. The largest absolute Gasteiger partial charge is 0.328 e. The molecule has 0 spiro atoms. The van der Waals surface area contributed by atoms with Crippen molar-refractivity contribution in [2.75, 3.05) is 13.1 Å². The molecular weight excluding hydrogens is 251 g/mol. The van der Waals surface area contributed by atoms with Gasteiger partial charge in [0, 0.05) is 17.5 Å². The van der Waals surface area contributed by atoms with Crippen LogP contribution >= 0.6 is 35.3 Å². The van der Waals surface area contributed by atoms with Crippen molar-refractivity contribution in [3.8, 4) is 0 Å². The Morgan fingerprint density at radius 1 is 1.47 bits per heavy atom. The number of thiophene rings is 1. The molecule has 0 unspecified atom stereocenters. The molecule has 5 heteroatoms. The average molecular weight is 267 g/mol. The second-order valence-electron chi connectivity index (χ2n) is 3.81. The van der Waals surface area contributed by atoms with Crippen LogP contribution in [-0.4, -0.2) is 24.0 Å². The highest BCUT2D eigenvalue weighted by Gasteiger charge is 2.17. The fraction of sp³-hybridized carbons (Fsp3) is 0.600. The van der Waals surface area contributed by atoms with E-state index < -0.39 is 0 Å². The molecule has 1 aromatic rings. The Labute approximate surface area is 106 Å². The minimum atomic E-state index is 0. The summed E-state index contributed by atoms with van der Waals surface area (Å²) in [5, 5.41) is 2.96. The van der Waals surface area contributed by atoms with Crippen LogP contribution in [0.15, 0.2) is 11.4 Å². The molecule has 0 amide bonds. The summed E-state index contributed by atoms with van der Waals surface area (Å²) in [4.78, 5) is 3.71. The summed E-state index contributed by atoms with van der Waals surface area (Å²) in [6, 6.07) is 2.38. The second kappa shape index (κ2) is 6.06. The van der Waals surface area contributed by atoms with Crippen molar-refractivity contribution in [2.24, 2.45) is 5.73 Å². The Morgan fingerprint density at radius 3 is 2.67 bits per heavy atom. The Kier molecular flexibility index (Phi) is 5.36. The number of rotatable bonds is 2. The van der Waals surface area contributed by atoms with Crippen LogP contribution < -0.4 is 5.73 Å². The van der Waals surface area contributed by atoms with E-state index in [4.69, 9.17) is 17.3 Å². The molecule has 2 rings (SSSR count). The highest BCUT2D eigenvalue weighted by molar-refractivity contribution is 7.10. The van der Waals surface area contributed by atoms with Gasteiger partial charge in [-0.3, -0.25) is 4.90 Å². The summed E-state index contributed by atoms with van der Waals surface area (Å²) in [6.07, 6.45) is 2.23. The lowest BCUT2D eigenvalue weighted by Crippen LogP contribution is -2.39. The van der Waals surface area contributed by atoms with E-state index >= 15 is 0 Å². The predicted octanol–water partition coefficient (Wildman–Crippen LogP) is 2.75. The van der Waals surface area contributed by atoms with E-state index in [1.54, 1.807) is 11.3 Å². The van der Waals surface area contributed by atoms with Crippen LogP contribution in [0.2, 0.25) is 5.02 Å². The minimum absolute atomic E-state index is 0. The van der Waals surface area contributed by atoms with E-state index in [0.717, 1.165) is 37.5 Å². The van der Waals surface area contributed by atoms with Gasteiger partial charge in [0.05, 0.1) is 5.02 Å². The molecule has 0 atom stereocenters. The van der Waals surface area contributed by atoms with E-state index in [1.807, 2.05) is 11.4 Å². The van der Waals surface area contributed by atoms with Gasteiger partial charge in [-0.15, -0.1) is 23.7 Å².